The lowest BCUT2D eigenvalue weighted by Crippen LogP contribution is -2.53. The number of morpholine rings is 1. The summed E-state index contributed by atoms with van der Waals surface area (Å²) in [4.78, 5) is 18.9. The minimum absolute atomic E-state index is 0.222. The third-order valence-corrected chi connectivity index (χ3v) is 2.34. The van der Waals surface area contributed by atoms with Gasteiger partial charge in [0, 0.05) is 19.3 Å². The van der Waals surface area contributed by atoms with Gasteiger partial charge in [-0.15, -0.1) is 0 Å². The molecular weight excluding hydrogens is 198 g/mol. The maximum Gasteiger partial charge on any atom is 0.343 e. The Morgan fingerprint density at radius 3 is 3.07 bits per heavy atom. The van der Waals surface area contributed by atoms with E-state index in [0.29, 0.717) is 18.8 Å². The Labute approximate surface area is 86.3 Å². The van der Waals surface area contributed by atoms with Crippen LogP contribution in [0.15, 0.2) is 18.6 Å². The highest BCUT2D eigenvalue weighted by molar-refractivity contribution is 5.79. The second-order valence-electron chi connectivity index (χ2n) is 3.25. The molecule has 1 aromatic heterocycles. The van der Waals surface area contributed by atoms with Crippen molar-refractivity contribution in [3.05, 3.63) is 24.3 Å². The van der Waals surface area contributed by atoms with Crippen LogP contribution in [0.2, 0.25) is 0 Å². The maximum absolute atomic E-state index is 11.3. The van der Waals surface area contributed by atoms with E-state index in [1.807, 2.05) is 0 Å². The van der Waals surface area contributed by atoms with Gasteiger partial charge in [-0.05, 0) is 6.07 Å². The van der Waals surface area contributed by atoms with Crippen LogP contribution < -0.4 is 5.32 Å². The van der Waals surface area contributed by atoms with Gasteiger partial charge in [-0.1, -0.05) is 0 Å². The summed E-state index contributed by atoms with van der Waals surface area (Å²) < 4.78 is 5.36. The van der Waals surface area contributed by atoms with Gasteiger partial charge in [-0.25, -0.2) is 14.8 Å². The lowest BCUT2D eigenvalue weighted by molar-refractivity contribution is -0.172. The standard InChI is InChI=1S/C9H11N3O3/c13-8(14)9(5-10-3-4-15-9)7-1-2-11-6-12-7/h1-2,6,10H,3-5H2,(H,13,14). The quantitative estimate of drug-likeness (QED) is 0.675. The van der Waals surface area contributed by atoms with E-state index in [-0.39, 0.29) is 6.54 Å². The number of nitrogens with zero attached hydrogens (tertiary/aromatic N) is 2. The van der Waals surface area contributed by atoms with Gasteiger partial charge in [-0.2, -0.15) is 0 Å². The Morgan fingerprint density at radius 2 is 2.53 bits per heavy atom. The molecule has 1 aliphatic rings. The molecule has 15 heavy (non-hydrogen) atoms. The number of carbonyl (C=O) groups is 1. The molecule has 1 fully saturated rings. The predicted molar refractivity (Wildman–Crippen MR) is 50.2 cm³/mol. The zero-order valence-electron chi connectivity index (χ0n) is 8.01. The molecule has 2 heterocycles. The van der Waals surface area contributed by atoms with Crippen molar-refractivity contribution in [3.8, 4) is 0 Å². The molecule has 0 spiro atoms. The first kappa shape index (κ1) is 10.0. The average molecular weight is 209 g/mol. The summed E-state index contributed by atoms with van der Waals surface area (Å²) in [6.07, 6.45) is 2.82. The van der Waals surface area contributed by atoms with E-state index in [9.17, 15) is 9.90 Å². The zero-order valence-corrected chi connectivity index (χ0v) is 8.01. The van der Waals surface area contributed by atoms with Crippen molar-refractivity contribution in [2.45, 2.75) is 5.60 Å². The van der Waals surface area contributed by atoms with Gasteiger partial charge in [-0.3, -0.25) is 0 Å². The molecule has 6 heteroatoms. The minimum Gasteiger partial charge on any atom is -0.479 e. The molecule has 2 rings (SSSR count). The Hall–Kier alpha value is -1.53. The summed E-state index contributed by atoms with van der Waals surface area (Å²) >= 11 is 0. The maximum atomic E-state index is 11.3. The summed E-state index contributed by atoms with van der Waals surface area (Å²) in [5, 5.41) is 12.2. The van der Waals surface area contributed by atoms with Crippen molar-refractivity contribution in [2.75, 3.05) is 19.7 Å². The van der Waals surface area contributed by atoms with Gasteiger partial charge in [0.05, 0.1) is 12.3 Å². The van der Waals surface area contributed by atoms with Gasteiger partial charge in [0.1, 0.15) is 6.33 Å². The van der Waals surface area contributed by atoms with E-state index in [1.165, 1.54) is 12.5 Å². The summed E-state index contributed by atoms with van der Waals surface area (Å²) in [5.41, 5.74) is -1.00. The van der Waals surface area contributed by atoms with Crippen LogP contribution in [0.5, 0.6) is 0 Å². The van der Waals surface area contributed by atoms with Crippen molar-refractivity contribution < 1.29 is 14.6 Å². The van der Waals surface area contributed by atoms with Crippen LogP contribution in [0.1, 0.15) is 5.69 Å². The highest BCUT2D eigenvalue weighted by Crippen LogP contribution is 2.25. The fourth-order valence-corrected chi connectivity index (χ4v) is 1.55. The number of carboxylic acids is 1. The minimum atomic E-state index is -1.37. The van der Waals surface area contributed by atoms with E-state index in [0.717, 1.165) is 0 Å². The predicted octanol–water partition coefficient (Wildman–Crippen LogP) is -0.624. The van der Waals surface area contributed by atoms with Crippen molar-refractivity contribution in [1.82, 2.24) is 15.3 Å². The molecular formula is C9H11N3O3. The lowest BCUT2D eigenvalue weighted by atomic mass is 9.98. The molecule has 6 nitrogen and oxygen atoms in total. The van der Waals surface area contributed by atoms with E-state index in [2.05, 4.69) is 15.3 Å². The molecule has 1 saturated heterocycles. The van der Waals surface area contributed by atoms with Crippen LogP contribution in [0.3, 0.4) is 0 Å². The van der Waals surface area contributed by atoms with E-state index in [4.69, 9.17) is 4.74 Å². The van der Waals surface area contributed by atoms with E-state index in [1.54, 1.807) is 6.07 Å². The molecule has 0 saturated carbocycles. The first-order valence-electron chi connectivity index (χ1n) is 4.60. The number of aromatic nitrogens is 2. The van der Waals surface area contributed by atoms with Crippen LogP contribution in [-0.4, -0.2) is 40.7 Å². The SMILES string of the molecule is O=C(O)C1(c2ccncn2)CNCCO1. The monoisotopic (exact) mass is 209 g/mol. The molecule has 0 bridgehead atoms. The molecule has 1 aromatic rings. The second-order valence-corrected chi connectivity index (χ2v) is 3.25. The zero-order chi connectivity index (χ0) is 10.7. The number of hydrogen-bond donors (Lipinski definition) is 2. The molecule has 0 amide bonds. The molecule has 0 aliphatic carbocycles. The Morgan fingerprint density at radius 1 is 1.67 bits per heavy atom. The molecule has 1 aliphatic heterocycles. The van der Waals surface area contributed by atoms with Crippen LogP contribution in [0, 0.1) is 0 Å². The average Bonchev–Trinajstić information content (AvgIpc) is 2.31. The number of carboxylic acid groups (broad SMARTS) is 1. The summed E-state index contributed by atoms with van der Waals surface area (Å²) in [7, 11) is 0. The van der Waals surface area contributed by atoms with E-state index >= 15 is 0 Å². The molecule has 0 radical (unpaired) electrons. The number of nitrogens with one attached hydrogen (secondary N) is 1. The van der Waals surface area contributed by atoms with Gasteiger partial charge < -0.3 is 15.2 Å². The first-order valence-corrected chi connectivity index (χ1v) is 4.60. The van der Waals surface area contributed by atoms with Crippen molar-refractivity contribution in [2.24, 2.45) is 0 Å². The fraction of sp³-hybridized carbons (Fsp3) is 0.444. The van der Waals surface area contributed by atoms with Gasteiger partial charge in [0.25, 0.3) is 0 Å². The summed E-state index contributed by atoms with van der Waals surface area (Å²) in [6.45, 7) is 1.23. The first-order chi connectivity index (χ1) is 7.26. The van der Waals surface area contributed by atoms with Crippen molar-refractivity contribution in [3.63, 3.8) is 0 Å². The molecule has 0 aromatic carbocycles. The largest absolute Gasteiger partial charge is 0.479 e. The molecule has 1 atom stereocenters. The summed E-state index contributed by atoms with van der Waals surface area (Å²) in [6, 6.07) is 1.56. The van der Waals surface area contributed by atoms with Crippen LogP contribution in [0.4, 0.5) is 0 Å². The number of aliphatic carboxylic acids is 1. The highest BCUT2D eigenvalue weighted by Gasteiger charge is 2.44. The highest BCUT2D eigenvalue weighted by atomic mass is 16.5. The molecule has 80 valence electrons. The smallest absolute Gasteiger partial charge is 0.343 e. The fourth-order valence-electron chi connectivity index (χ4n) is 1.55. The van der Waals surface area contributed by atoms with Gasteiger partial charge in [0.2, 0.25) is 5.60 Å². The second kappa shape index (κ2) is 3.92. The van der Waals surface area contributed by atoms with Gasteiger partial charge in [0.15, 0.2) is 0 Å². The van der Waals surface area contributed by atoms with Gasteiger partial charge >= 0.3 is 5.97 Å². The van der Waals surface area contributed by atoms with Crippen molar-refractivity contribution >= 4 is 5.97 Å². The molecule has 1 unspecified atom stereocenters. The van der Waals surface area contributed by atoms with E-state index < -0.39 is 11.6 Å². The normalized spacial score (nSPS) is 26.1. The third-order valence-electron chi connectivity index (χ3n) is 2.34. The van der Waals surface area contributed by atoms with Crippen LogP contribution in [0.25, 0.3) is 0 Å². The number of ether oxygens (including phenoxy) is 1. The number of hydrogen-bond acceptors (Lipinski definition) is 5. The Balaban J connectivity index is 2.38. The Bertz CT molecular complexity index is 349. The summed E-state index contributed by atoms with van der Waals surface area (Å²) in [5.74, 6) is -1.03. The lowest BCUT2D eigenvalue weighted by Gasteiger charge is -2.32. The molecule has 2 N–H and O–H groups in total. The van der Waals surface area contributed by atoms with Crippen LogP contribution in [-0.2, 0) is 15.1 Å². The van der Waals surface area contributed by atoms with Crippen LogP contribution >= 0.6 is 0 Å². The topological polar surface area (TPSA) is 84.3 Å². The third kappa shape index (κ3) is 1.69. The number of rotatable bonds is 2. The Kier molecular flexibility index (Phi) is 2.61. The van der Waals surface area contributed by atoms with Crippen molar-refractivity contribution in [1.29, 1.82) is 0 Å².